The van der Waals surface area contributed by atoms with E-state index in [-0.39, 0.29) is 23.3 Å². The number of para-hydroxylation sites is 1. The van der Waals surface area contributed by atoms with E-state index in [1.54, 1.807) is 37.2 Å². The Balaban J connectivity index is 1.55. The third-order valence-corrected chi connectivity index (χ3v) is 7.61. The molecule has 200 valence electrons. The number of carbonyl (C=O) groups is 2. The van der Waals surface area contributed by atoms with Crippen molar-refractivity contribution in [2.45, 2.75) is 43.4 Å². The summed E-state index contributed by atoms with van der Waals surface area (Å²) in [4.78, 5) is 30.5. The van der Waals surface area contributed by atoms with Crippen molar-refractivity contribution in [3.8, 4) is 5.75 Å². The Morgan fingerprint density at radius 3 is 2.05 bits per heavy atom. The number of phenols is 1. The zero-order chi connectivity index (χ0) is 27.3. The van der Waals surface area contributed by atoms with Gasteiger partial charge in [-0.2, -0.15) is 0 Å². The number of piperidine rings is 1. The van der Waals surface area contributed by atoms with Gasteiger partial charge in [-0.05, 0) is 43.0 Å². The molecule has 0 saturated carbocycles. The Kier molecular flexibility index (Phi) is 8.49. The van der Waals surface area contributed by atoms with Crippen LogP contribution >= 0.6 is 0 Å². The van der Waals surface area contributed by atoms with Crippen molar-refractivity contribution in [2.75, 3.05) is 27.2 Å². The van der Waals surface area contributed by atoms with Crippen LogP contribution in [0, 0.1) is 0 Å². The number of β-amino-alcohol motifs (C(OH)–C–C–N with tert-alkyl or cyclic N) is 1. The van der Waals surface area contributed by atoms with Crippen LogP contribution in [0.5, 0.6) is 5.75 Å². The molecule has 1 saturated heterocycles. The molecule has 0 aliphatic carbocycles. The summed E-state index contributed by atoms with van der Waals surface area (Å²) >= 11 is 0. The number of nitrogens with one attached hydrogen (secondary N) is 1. The molecule has 1 aliphatic heterocycles. The van der Waals surface area contributed by atoms with Gasteiger partial charge in [-0.25, -0.2) is 0 Å². The van der Waals surface area contributed by atoms with Gasteiger partial charge in [0.05, 0.1) is 17.7 Å². The lowest BCUT2D eigenvalue weighted by molar-refractivity contribution is -0.134. The van der Waals surface area contributed by atoms with E-state index in [4.69, 9.17) is 0 Å². The Hall–Kier alpha value is -3.68. The molecule has 3 N–H and O–H groups in total. The largest absolute Gasteiger partial charge is 0.507 e. The number of aliphatic hydroxyl groups is 1. The second-order valence-corrected chi connectivity index (χ2v) is 10.3. The number of amides is 2. The Morgan fingerprint density at radius 1 is 0.974 bits per heavy atom. The Morgan fingerprint density at radius 2 is 1.53 bits per heavy atom. The van der Waals surface area contributed by atoms with Gasteiger partial charge in [-0.15, -0.1) is 0 Å². The van der Waals surface area contributed by atoms with Crippen LogP contribution in [0.2, 0.25) is 0 Å². The molecule has 3 aromatic rings. The van der Waals surface area contributed by atoms with Crippen molar-refractivity contribution in [1.29, 1.82) is 0 Å². The highest BCUT2D eigenvalue weighted by Gasteiger charge is 2.45. The number of carbonyl (C=O) groups excluding carboxylic acids is 2. The Labute approximate surface area is 224 Å². The first kappa shape index (κ1) is 27.4. The monoisotopic (exact) mass is 515 g/mol. The molecule has 38 heavy (non-hydrogen) atoms. The van der Waals surface area contributed by atoms with Gasteiger partial charge >= 0.3 is 0 Å². The molecule has 0 bridgehead atoms. The zero-order valence-corrected chi connectivity index (χ0v) is 22.2. The summed E-state index contributed by atoms with van der Waals surface area (Å²) in [6.45, 7) is 3.11. The van der Waals surface area contributed by atoms with Crippen molar-refractivity contribution in [3.63, 3.8) is 0 Å². The van der Waals surface area contributed by atoms with Crippen molar-refractivity contribution in [2.24, 2.45) is 0 Å². The number of benzene rings is 3. The lowest BCUT2D eigenvalue weighted by atomic mass is 9.69. The highest BCUT2D eigenvalue weighted by atomic mass is 16.3. The fourth-order valence-electron chi connectivity index (χ4n) is 5.57. The molecule has 0 aromatic heterocycles. The quantitative estimate of drug-likeness (QED) is 0.428. The molecule has 0 spiro atoms. The molecule has 1 unspecified atom stereocenters. The van der Waals surface area contributed by atoms with Crippen molar-refractivity contribution in [3.05, 3.63) is 102 Å². The minimum absolute atomic E-state index is 0.00659. The minimum Gasteiger partial charge on any atom is -0.507 e. The molecular weight excluding hydrogens is 478 g/mol. The van der Waals surface area contributed by atoms with Crippen molar-refractivity contribution in [1.82, 2.24) is 15.1 Å². The number of rotatable bonds is 8. The SMILES string of the molecule is CC(CC(C(=O)N(C)C)(c1ccccc1)c1ccccc1)N1CC[C@@H](NC(=O)c2ccccc2O)[C@H](O)C1. The van der Waals surface area contributed by atoms with E-state index < -0.39 is 23.5 Å². The molecule has 1 aliphatic rings. The lowest BCUT2D eigenvalue weighted by Gasteiger charge is -2.44. The summed E-state index contributed by atoms with van der Waals surface area (Å²) in [7, 11) is 3.58. The molecule has 7 heteroatoms. The van der Waals surface area contributed by atoms with Crippen LogP contribution in [0.15, 0.2) is 84.9 Å². The fraction of sp³-hybridized carbons (Fsp3) is 0.355. The normalized spacial score (nSPS) is 18.9. The number of likely N-dealkylation sites (tertiary alicyclic amines) is 1. The van der Waals surface area contributed by atoms with E-state index in [1.807, 2.05) is 60.7 Å². The molecular formula is C31H37N3O4. The van der Waals surface area contributed by atoms with Crippen LogP contribution in [0.1, 0.15) is 41.3 Å². The molecule has 3 aromatic carbocycles. The van der Waals surface area contributed by atoms with Gasteiger partial charge < -0.3 is 20.4 Å². The minimum atomic E-state index is -0.897. The molecule has 3 atom stereocenters. The highest BCUT2D eigenvalue weighted by Crippen LogP contribution is 2.39. The number of hydrogen-bond donors (Lipinski definition) is 3. The first-order valence-corrected chi connectivity index (χ1v) is 13.1. The number of phenolic OH excluding ortho intramolecular Hbond substituents is 1. The van der Waals surface area contributed by atoms with Gasteiger partial charge in [0, 0.05) is 33.2 Å². The van der Waals surface area contributed by atoms with Crippen LogP contribution in [-0.4, -0.2) is 77.2 Å². The first-order chi connectivity index (χ1) is 18.2. The van der Waals surface area contributed by atoms with Gasteiger partial charge in [-0.3, -0.25) is 14.5 Å². The van der Waals surface area contributed by atoms with E-state index >= 15 is 0 Å². The van der Waals surface area contributed by atoms with E-state index in [2.05, 4.69) is 17.1 Å². The molecule has 1 heterocycles. The number of nitrogens with zero attached hydrogens (tertiary/aromatic N) is 2. The maximum atomic E-state index is 14.0. The lowest BCUT2D eigenvalue weighted by Crippen LogP contribution is -2.57. The summed E-state index contributed by atoms with van der Waals surface area (Å²) in [5.41, 5.74) is 1.16. The molecule has 0 radical (unpaired) electrons. The second-order valence-electron chi connectivity index (χ2n) is 10.3. The summed E-state index contributed by atoms with van der Waals surface area (Å²) in [5, 5.41) is 23.9. The zero-order valence-electron chi connectivity index (χ0n) is 22.2. The van der Waals surface area contributed by atoms with Gasteiger partial charge in [0.1, 0.15) is 11.2 Å². The number of aliphatic hydroxyl groups excluding tert-OH is 1. The van der Waals surface area contributed by atoms with Crippen LogP contribution in [0.25, 0.3) is 0 Å². The van der Waals surface area contributed by atoms with Gasteiger partial charge in [0.15, 0.2) is 0 Å². The van der Waals surface area contributed by atoms with E-state index in [1.165, 1.54) is 6.07 Å². The number of aromatic hydroxyl groups is 1. The summed E-state index contributed by atoms with van der Waals surface area (Å²) in [5.74, 6) is -0.487. The molecule has 7 nitrogen and oxygen atoms in total. The number of likely N-dealkylation sites (N-methyl/N-ethyl adjacent to an activating group) is 1. The topological polar surface area (TPSA) is 93.1 Å². The van der Waals surface area contributed by atoms with Gasteiger partial charge in [-0.1, -0.05) is 72.8 Å². The van der Waals surface area contributed by atoms with E-state index in [9.17, 15) is 19.8 Å². The smallest absolute Gasteiger partial charge is 0.255 e. The van der Waals surface area contributed by atoms with Crippen LogP contribution < -0.4 is 5.32 Å². The summed E-state index contributed by atoms with van der Waals surface area (Å²) in [6, 6.07) is 25.7. The standard InChI is InChI=1S/C31H37N3O4/c1-22(34-19-18-26(28(36)21-34)32-29(37)25-16-10-11-17-27(25)35)20-31(30(38)33(2)3,23-12-6-4-7-13-23)24-14-8-5-9-15-24/h4-17,22,26,28,35-36H,18-21H2,1-3H3,(H,32,37)/t22?,26-,28-/m1/s1. The van der Waals surface area contributed by atoms with Crippen molar-refractivity contribution >= 4 is 11.8 Å². The summed E-state index contributed by atoms with van der Waals surface area (Å²) < 4.78 is 0. The third kappa shape index (κ3) is 5.59. The maximum absolute atomic E-state index is 14.0. The van der Waals surface area contributed by atoms with Crippen LogP contribution in [0.4, 0.5) is 0 Å². The average Bonchev–Trinajstić information content (AvgIpc) is 2.93. The first-order valence-electron chi connectivity index (χ1n) is 13.1. The average molecular weight is 516 g/mol. The predicted octanol–water partition coefficient (Wildman–Crippen LogP) is 3.41. The summed E-state index contributed by atoms with van der Waals surface area (Å²) in [6.07, 6.45) is 0.295. The van der Waals surface area contributed by atoms with Crippen LogP contribution in [0.3, 0.4) is 0 Å². The maximum Gasteiger partial charge on any atom is 0.255 e. The number of hydrogen-bond acceptors (Lipinski definition) is 5. The predicted molar refractivity (Wildman–Crippen MR) is 148 cm³/mol. The third-order valence-electron chi connectivity index (χ3n) is 7.61. The van der Waals surface area contributed by atoms with Crippen molar-refractivity contribution < 1.29 is 19.8 Å². The second kappa shape index (κ2) is 11.8. The Bertz CT molecular complexity index is 1190. The van der Waals surface area contributed by atoms with E-state index in [0.29, 0.717) is 25.9 Å². The van der Waals surface area contributed by atoms with Crippen LogP contribution in [-0.2, 0) is 10.2 Å². The molecule has 1 fully saturated rings. The highest BCUT2D eigenvalue weighted by molar-refractivity contribution is 5.97. The van der Waals surface area contributed by atoms with Gasteiger partial charge in [0.2, 0.25) is 5.91 Å². The van der Waals surface area contributed by atoms with Gasteiger partial charge in [0.25, 0.3) is 5.91 Å². The fourth-order valence-corrected chi connectivity index (χ4v) is 5.57. The molecule has 4 rings (SSSR count). The van der Waals surface area contributed by atoms with E-state index in [0.717, 1.165) is 11.1 Å². The molecule has 2 amide bonds.